The van der Waals surface area contributed by atoms with E-state index in [1.54, 1.807) is 25.7 Å². The molecule has 2 rings (SSSR count). The lowest BCUT2D eigenvalue weighted by atomic mass is 9.76. The maximum atomic E-state index is 12.9. The first kappa shape index (κ1) is 21.2. The van der Waals surface area contributed by atoms with Crippen LogP contribution in [0.2, 0.25) is 0 Å². The largest absolute Gasteiger partial charge is 0.481 e. The quantitative estimate of drug-likeness (QED) is 0.694. The molecule has 0 unspecified atom stereocenters. The van der Waals surface area contributed by atoms with Crippen LogP contribution in [0.4, 0.5) is 0 Å². The zero-order chi connectivity index (χ0) is 20.2. The fourth-order valence-corrected chi connectivity index (χ4v) is 3.73. The monoisotopic (exact) mass is 379 g/mol. The zero-order valence-electron chi connectivity index (χ0n) is 16.3. The van der Waals surface area contributed by atoms with E-state index < -0.39 is 35.0 Å². The Morgan fingerprint density at radius 2 is 1.89 bits per heavy atom. The molecule has 1 saturated heterocycles. The van der Waals surface area contributed by atoms with Crippen LogP contribution in [0, 0.1) is 17.2 Å². The molecule has 0 aromatic rings. The first-order valence-corrected chi connectivity index (χ1v) is 9.48. The van der Waals surface area contributed by atoms with Crippen LogP contribution in [0.3, 0.4) is 0 Å². The molecule has 1 saturated carbocycles. The summed E-state index contributed by atoms with van der Waals surface area (Å²) in [6, 6.07) is 1.72. The topological polar surface area (TPSA) is 120 Å². The number of aliphatic carboxylic acids is 1. The van der Waals surface area contributed by atoms with Gasteiger partial charge < -0.3 is 14.7 Å². The number of likely N-dealkylation sites (tertiary alicyclic amines) is 1. The molecule has 1 aliphatic carbocycles. The molecule has 8 heteroatoms. The van der Waals surface area contributed by atoms with Crippen molar-refractivity contribution in [3.05, 3.63) is 0 Å². The SMILES string of the molecule is CC(C)(C)OC(=O)C1(NCC(=O)N2CCC[C@H]2C#N)CCC(C(=O)O)CC1. The summed E-state index contributed by atoms with van der Waals surface area (Å²) in [4.78, 5) is 38.2. The van der Waals surface area contributed by atoms with Gasteiger partial charge in [0, 0.05) is 6.54 Å². The van der Waals surface area contributed by atoms with Gasteiger partial charge in [-0.1, -0.05) is 0 Å². The van der Waals surface area contributed by atoms with Crippen LogP contribution in [-0.4, -0.2) is 58.1 Å². The van der Waals surface area contributed by atoms with E-state index in [4.69, 9.17) is 10.00 Å². The van der Waals surface area contributed by atoms with Crippen molar-refractivity contribution in [3.8, 4) is 6.07 Å². The minimum absolute atomic E-state index is 0.0742. The molecule has 1 heterocycles. The van der Waals surface area contributed by atoms with E-state index in [1.807, 2.05) is 0 Å². The first-order valence-electron chi connectivity index (χ1n) is 9.48. The highest BCUT2D eigenvalue weighted by Gasteiger charge is 2.46. The number of hydrogen-bond acceptors (Lipinski definition) is 6. The van der Waals surface area contributed by atoms with Crippen molar-refractivity contribution in [1.82, 2.24) is 10.2 Å². The summed E-state index contributed by atoms with van der Waals surface area (Å²) < 4.78 is 5.55. The molecule has 27 heavy (non-hydrogen) atoms. The molecular weight excluding hydrogens is 350 g/mol. The van der Waals surface area contributed by atoms with E-state index >= 15 is 0 Å². The molecule has 0 aromatic heterocycles. The van der Waals surface area contributed by atoms with Gasteiger partial charge in [-0.25, -0.2) is 0 Å². The summed E-state index contributed by atoms with van der Waals surface area (Å²) in [6.07, 6.45) is 2.75. The Balaban J connectivity index is 2.09. The molecule has 150 valence electrons. The fourth-order valence-electron chi connectivity index (χ4n) is 3.73. The number of carbonyl (C=O) groups is 3. The number of nitrogens with one attached hydrogen (secondary N) is 1. The lowest BCUT2D eigenvalue weighted by Crippen LogP contribution is -2.59. The molecular formula is C19H29N3O5. The normalized spacial score (nSPS) is 28.4. The van der Waals surface area contributed by atoms with E-state index in [0.717, 1.165) is 6.42 Å². The third-order valence-electron chi connectivity index (χ3n) is 5.28. The van der Waals surface area contributed by atoms with Crippen LogP contribution in [0.1, 0.15) is 59.3 Å². The van der Waals surface area contributed by atoms with Crippen molar-refractivity contribution in [2.45, 2.75) is 76.5 Å². The fraction of sp³-hybridized carbons (Fsp3) is 0.789. The number of amides is 1. The Morgan fingerprint density at radius 1 is 1.26 bits per heavy atom. The summed E-state index contributed by atoms with van der Waals surface area (Å²) in [5, 5.41) is 21.4. The molecule has 2 N–H and O–H groups in total. The van der Waals surface area contributed by atoms with Gasteiger partial charge in [-0.3, -0.25) is 19.7 Å². The third kappa shape index (κ3) is 5.19. The first-order chi connectivity index (χ1) is 12.6. The summed E-state index contributed by atoms with van der Waals surface area (Å²) in [7, 11) is 0. The molecule has 1 atom stereocenters. The van der Waals surface area contributed by atoms with Gasteiger partial charge in [-0.05, 0) is 59.3 Å². The predicted octanol–water partition coefficient (Wildman–Crippen LogP) is 1.45. The lowest BCUT2D eigenvalue weighted by molar-refractivity contribution is -0.167. The van der Waals surface area contributed by atoms with E-state index in [2.05, 4.69) is 11.4 Å². The average Bonchev–Trinajstić information content (AvgIpc) is 3.07. The number of carboxylic acid groups (broad SMARTS) is 1. The standard InChI is InChI=1S/C19H29N3O5/c1-18(2,3)27-17(26)19(8-6-13(7-9-19)16(24)25)21-12-15(23)22-10-4-5-14(22)11-20/h13-14,21H,4-10,12H2,1-3H3,(H,24,25)/t13?,14-,19?/m0/s1. The lowest BCUT2D eigenvalue weighted by Gasteiger charge is -2.39. The van der Waals surface area contributed by atoms with Gasteiger partial charge in [0.1, 0.15) is 17.2 Å². The Morgan fingerprint density at radius 3 is 2.41 bits per heavy atom. The molecule has 0 bridgehead atoms. The Hall–Kier alpha value is -2.14. The maximum Gasteiger partial charge on any atom is 0.326 e. The molecule has 0 aromatic carbocycles. The Bertz CT molecular complexity index is 626. The van der Waals surface area contributed by atoms with Gasteiger partial charge in [0.2, 0.25) is 5.91 Å². The summed E-state index contributed by atoms with van der Waals surface area (Å²) >= 11 is 0. The van der Waals surface area contributed by atoms with Gasteiger partial charge in [0.15, 0.2) is 0 Å². The average molecular weight is 379 g/mol. The van der Waals surface area contributed by atoms with Crippen molar-refractivity contribution in [2.75, 3.05) is 13.1 Å². The Kier molecular flexibility index (Phi) is 6.47. The van der Waals surface area contributed by atoms with Crippen molar-refractivity contribution in [3.63, 3.8) is 0 Å². The molecule has 2 fully saturated rings. The number of carboxylic acids is 1. The summed E-state index contributed by atoms with van der Waals surface area (Å²) in [5.41, 5.74) is -1.75. The maximum absolute atomic E-state index is 12.9. The van der Waals surface area contributed by atoms with Crippen molar-refractivity contribution >= 4 is 17.8 Å². The second-order valence-corrected chi connectivity index (χ2v) is 8.42. The number of hydrogen-bond donors (Lipinski definition) is 2. The molecule has 2 aliphatic rings. The van der Waals surface area contributed by atoms with Crippen LogP contribution >= 0.6 is 0 Å². The minimum Gasteiger partial charge on any atom is -0.481 e. The van der Waals surface area contributed by atoms with Crippen molar-refractivity contribution in [2.24, 2.45) is 5.92 Å². The van der Waals surface area contributed by atoms with Crippen LogP contribution in [-0.2, 0) is 19.1 Å². The second-order valence-electron chi connectivity index (χ2n) is 8.42. The second kappa shape index (κ2) is 8.26. The van der Waals surface area contributed by atoms with Crippen molar-refractivity contribution in [1.29, 1.82) is 5.26 Å². The van der Waals surface area contributed by atoms with Crippen LogP contribution in [0.5, 0.6) is 0 Å². The highest BCUT2D eigenvalue weighted by Crippen LogP contribution is 2.34. The summed E-state index contributed by atoms with van der Waals surface area (Å²) in [5.74, 6) is -2.02. The third-order valence-corrected chi connectivity index (χ3v) is 5.28. The van der Waals surface area contributed by atoms with Crippen LogP contribution in [0.15, 0.2) is 0 Å². The number of ether oxygens (including phenoxy) is 1. The Labute approximate surface area is 159 Å². The number of carbonyl (C=O) groups excluding carboxylic acids is 2. The van der Waals surface area contributed by atoms with Crippen LogP contribution < -0.4 is 5.32 Å². The minimum atomic E-state index is -1.07. The van der Waals surface area contributed by atoms with E-state index in [1.165, 1.54) is 0 Å². The number of nitriles is 1. The van der Waals surface area contributed by atoms with Crippen LogP contribution in [0.25, 0.3) is 0 Å². The van der Waals surface area contributed by atoms with Gasteiger partial charge in [-0.2, -0.15) is 5.26 Å². The molecule has 1 amide bonds. The number of nitrogens with zero attached hydrogens (tertiary/aromatic N) is 2. The predicted molar refractivity (Wildman–Crippen MR) is 96.5 cm³/mol. The highest BCUT2D eigenvalue weighted by atomic mass is 16.6. The number of esters is 1. The molecule has 0 radical (unpaired) electrons. The van der Waals surface area contributed by atoms with Gasteiger partial charge in [-0.15, -0.1) is 0 Å². The molecule has 1 aliphatic heterocycles. The zero-order valence-corrected chi connectivity index (χ0v) is 16.3. The molecule has 8 nitrogen and oxygen atoms in total. The van der Waals surface area contributed by atoms with Crippen molar-refractivity contribution < 1.29 is 24.2 Å². The number of rotatable bonds is 5. The van der Waals surface area contributed by atoms with Gasteiger partial charge in [0.05, 0.1) is 18.5 Å². The molecule has 0 spiro atoms. The van der Waals surface area contributed by atoms with E-state index in [9.17, 15) is 19.5 Å². The highest BCUT2D eigenvalue weighted by molar-refractivity contribution is 5.84. The van der Waals surface area contributed by atoms with Gasteiger partial charge >= 0.3 is 11.9 Å². The van der Waals surface area contributed by atoms with Gasteiger partial charge in [0.25, 0.3) is 0 Å². The summed E-state index contributed by atoms with van der Waals surface area (Å²) in [6.45, 7) is 5.78. The smallest absolute Gasteiger partial charge is 0.326 e. The van der Waals surface area contributed by atoms with E-state index in [-0.39, 0.29) is 12.5 Å². The van der Waals surface area contributed by atoms with E-state index in [0.29, 0.717) is 38.6 Å².